The van der Waals surface area contributed by atoms with E-state index in [1.54, 1.807) is 18.3 Å². The van der Waals surface area contributed by atoms with Gasteiger partial charge in [0.05, 0.1) is 5.39 Å². The Bertz CT molecular complexity index is 1180. The van der Waals surface area contributed by atoms with Crippen LogP contribution in [0.2, 0.25) is 0 Å². The first-order chi connectivity index (χ1) is 15.9. The number of hydroxylamine groups is 2. The zero-order valence-electron chi connectivity index (χ0n) is 18.8. The number of benzene rings is 1. The van der Waals surface area contributed by atoms with Gasteiger partial charge in [0.1, 0.15) is 18.9 Å². The van der Waals surface area contributed by atoms with Crippen molar-refractivity contribution >= 4 is 39.3 Å². The Labute approximate surface area is 196 Å². The van der Waals surface area contributed by atoms with Gasteiger partial charge >= 0.3 is 0 Å². The maximum absolute atomic E-state index is 13.5. The van der Waals surface area contributed by atoms with Gasteiger partial charge in [0.15, 0.2) is 11.5 Å². The number of anilines is 2. The largest absolute Gasteiger partial charge is 0.626 e. The minimum absolute atomic E-state index is 0.221. The smallest absolute Gasteiger partial charge is 0.259 e. The van der Waals surface area contributed by atoms with Gasteiger partial charge in [-0.1, -0.05) is 12.1 Å². The first-order valence-electron chi connectivity index (χ1n) is 11.4. The Morgan fingerprint density at radius 1 is 1.15 bits per heavy atom. The molecule has 2 saturated heterocycles. The average molecular weight is 468 g/mol. The maximum atomic E-state index is 13.5. The molecule has 0 aliphatic carbocycles. The van der Waals surface area contributed by atoms with E-state index in [0.717, 1.165) is 31.6 Å². The van der Waals surface area contributed by atoms with Gasteiger partial charge in [-0.25, -0.2) is 0 Å². The van der Waals surface area contributed by atoms with Gasteiger partial charge < -0.3 is 29.6 Å². The number of quaternary nitrogens is 1. The molecular formula is C24H29N5O3S. The van der Waals surface area contributed by atoms with Crippen LogP contribution in [-0.2, 0) is 11.2 Å². The number of fused-ring (bicyclic) bond motifs is 1. The first-order valence-corrected chi connectivity index (χ1v) is 12.9. The van der Waals surface area contributed by atoms with E-state index < -0.39 is 15.8 Å². The van der Waals surface area contributed by atoms with Crippen molar-refractivity contribution in [1.82, 2.24) is 19.5 Å². The first kappa shape index (κ1) is 22.4. The van der Waals surface area contributed by atoms with E-state index in [9.17, 15) is 14.6 Å². The molecule has 2 fully saturated rings. The predicted octanol–water partition coefficient (Wildman–Crippen LogP) is 3.04. The summed E-state index contributed by atoms with van der Waals surface area (Å²) in [5, 5.41) is 17.8. The number of nitrogens with zero attached hydrogens (tertiary/aromatic N) is 3. The number of hydrogen-bond donors (Lipinski definition) is 2. The fraction of sp³-hybridized carbons (Fsp3) is 0.417. The van der Waals surface area contributed by atoms with Crippen LogP contribution in [0.4, 0.5) is 17.3 Å². The molecule has 0 spiro atoms. The number of aromatic nitrogens is 2. The molecule has 0 unspecified atom stereocenters. The molecule has 0 bridgehead atoms. The summed E-state index contributed by atoms with van der Waals surface area (Å²) >= 11 is -0.952. The molecule has 1 aromatic carbocycles. The third-order valence-corrected chi connectivity index (χ3v) is 8.16. The molecule has 8 nitrogen and oxygen atoms in total. The molecule has 2 aromatic heterocycles. The van der Waals surface area contributed by atoms with Crippen molar-refractivity contribution in [2.45, 2.75) is 18.8 Å². The second-order valence-electron chi connectivity index (χ2n) is 9.11. The van der Waals surface area contributed by atoms with Gasteiger partial charge in [-0.05, 0) is 73.8 Å². The van der Waals surface area contributed by atoms with Crippen LogP contribution in [0, 0.1) is 5.21 Å². The van der Waals surface area contributed by atoms with Gasteiger partial charge in [-0.15, -0.1) is 0 Å². The number of nitrogens with one attached hydrogen (secondary N) is 2. The summed E-state index contributed by atoms with van der Waals surface area (Å²) in [7, 11) is 2.16. The van der Waals surface area contributed by atoms with Crippen LogP contribution in [0.5, 0.6) is 0 Å². The topological polar surface area (TPSA) is 107 Å². The lowest BCUT2D eigenvalue weighted by atomic mass is 9.89. The number of pyridine rings is 2. The van der Waals surface area contributed by atoms with E-state index in [4.69, 9.17) is 0 Å². The van der Waals surface area contributed by atoms with Crippen molar-refractivity contribution < 1.29 is 4.55 Å². The zero-order chi connectivity index (χ0) is 23.0. The van der Waals surface area contributed by atoms with Crippen LogP contribution in [0.25, 0.3) is 10.8 Å². The molecule has 0 atom stereocenters. The Morgan fingerprint density at radius 2 is 1.85 bits per heavy atom. The Balaban J connectivity index is 1.46. The van der Waals surface area contributed by atoms with Crippen LogP contribution >= 0.6 is 0 Å². The predicted molar refractivity (Wildman–Crippen MR) is 134 cm³/mol. The molecule has 33 heavy (non-hydrogen) atoms. The summed E-state index contributed by atoms with van der Waals surface area (Å²) in [6, 6.07) is 11.8. The average Bonchev–Trinajstić information content (AvgIpc) is 2.82. The number of piperidine rings is 1. The summed E-state index contributed by atoms with van der Waals surface area (Å²) in [4.78, 5) is 22.3. The lowest BCUT2D eigenvalue weighted by Gasteiger charge is -2.43. The summed E-state index contributed by atoms with van der Waals surface area (Å²) in [6.45, 7) is 2.66. The highest BCUT2D eigenvalue weighted by atomic mass is 32.2. The molecule has 4 heterocycles. The Morgan fingerprint density at radius 3 is 2.55 bits per heavy atom. The van der Waals surface area contributed by atoms with Gasteiger partial charge in [0.25, 0.3) is 5.56 Å². The minimum atomic E-state index is -0.952. The van der Waals surface area contributed by atoms with Crippen LogP contribution in [0.15, 0.2) is 47.4 Å². The van der Waals surface area contributed by atoms with E-state index in [1.165, 1.54) is 5.56 Å². The second-order valence-corrected chi connectivity index (χ2v) is 10.8. The van der Waals surface area contributed by atoms with Crippen molar-refractivity contribution in [2.75, 3.05) is 50.0 Å². The third kappa shape index (κ3) is 4.64. The summed E-state index contributed by atoms with van der Waals surface area (Å²) in [5.74, 6) is 2.00. The number of likely N-dealkylation sites (tertiary alicyclic amines) is 1. The quantitative estimate of drug-likeness (QED) is 0.347. The lowest BCUT2D eigenvalue weighted by Crippen LogP contribution is -2.54. The highest BCUT2D eigenvalue weighted by Crippen LogP contribution is 2.32. The van der Waals surface area contributed by atoms with Gasteiger partial charge in [0.2, 0.25) is 5.82 Å². The number of aromatic amines is 1. The molecule has 0 radical (unpaired) electrons. The Kier molecular flexibility index (Phi) is 6.15. The molecule has 2 aliphatic rings. The van der Waals surface area contributed by atoms with Gasteiger partial charge in [0, 0.05) is 23.3 Å². The fourth-order valence-corrected chi connectivity index (χ4v) is 5.96. The maximum Gasteiger partial charge on any atom is 0.259 e. The molecule has 3 aromatic rings. The molecule has 0 amide bonds. The fourth-order valence-electron chi connectivity index (χ4n) is 4.76. The summed E-state index contributed by atoms with van der Waals surface area (Å²) in [6.07, 6.45) is 3.89. The van der Waals surface area contributed by atoms with Crippen LogP contribution in [0.3, 0.4) is 0 Å². The summed E-state index contributed by atoms with van der Waals surface area (Å²) < 4.78 is 11.2. The highest BCUT2D eigenvalue weighted by Gasteiger charge is 2.32. The monoisotopic (exact) mass is 467 g/mol. The van der Waals surface area contributed by atoms with Gasteiger partial charge in [-0.3, -0.25) is 4.79 Å². The molecule has 2 N–H and O–H groups in total. The van der Waals surface area contributed by atoms with Crippen molar-refractivity contribution in [3.63, 3.8) is 0 Å². The second kappa shape index (κ2) is 9.08. The molecule has 2 aliphatic heterocycles. The van der Waals surface area contributed by atoms with E-state index in [1.807, 2.05) is 12.1 Å². The number of H-pyrrole nitrogens is 1. The van der Waals surface area contributed by atoms with Crippen LogP contribution < -0.4 is 15.5 Å². The van der Waals surface area contributed by atoms with Crippen molar-refractivity contribution in [3.05, 3.63) is 63.7 Å². The number of hydrogen-bond acceptors (Lipinski definition) is 6. The number of rotatable bonds is 4. The van der Waals surface area contributed by atoms with E-state index in [2.05, 4.69) is 39.4 Å². The van der Waals surface area contributed by atoms with E-state index in [-0.39, 0.29) is 18.6 Å². The van der Waals surface area contributed by atoms with Crippen LogP contribution in [-0.4, -0.2) is 64.2 Å². The van der Waals surface area contributed by atoms with E-state index >= 15 is 0 Å². The van der Waals surface area contributed by atoms with Crippen molar-refractivity contribution in [1.29, 1.82) is 0 Å². The minimum Gasteiger partial charge on any atom is -0.626 e. The van der Waals surface area contributed by atoms with Gasteiger partial charge in [-0.2, -0.15) is 4.98 Å². The van der Waals surface area contributed by atoms with Crippen molar-refractivity contribution in [3.8, 4) is 0 Å². The molecule has 174 valence electrons. The lowest BCUT2D eigenvalue weighted by molar-refractivity contribution is 0.255. The molecular weight excluding hydrogens is 438 g/mol. The highest BCUT2D eigenvalue weighted by molar-refractivity contribution is 7.91. The van der Waals surface area contributed by atoms with E-state index in [0.29, 0.717) is 39.8 Å². The molecule has 0 saturated carbocycles. The summed E-state index contributed by atoms with van der Waals surface area (Å²) in [5.41, 5.74) is 1.88. The standard InChI is InChI=1S/C24H29N5O3S/c1-28-10-7-18(8-11-28)17-2-4-20(5-3-17)26-23-22-19(6-9-25-24(22)30)16-21(27-23)29(31)12-14-33(32)15-13-29/h2-6,9,16,18H,7-8,10-15H2,1H3,(H,25,30)(H,26,27). The zero-order valence-corrected chi connectivity index (χ0v) is 19.6. The Hall–Kier alpha value is -2.43. The molecule has 5 rings (SSSR count). The van der Waals surface area contributed by atoms with Crippen LogP contribution in [0.1, 0.15) is 24.3 Å². The normalized spacial score (nSPS) is 24.8. The molecule has 9 heteroatoms. The van der Waals surface area contributed by atoms with Crippen molar-refractivity contribution in [2.24, 2.45) is 0 Å². The SMILES string of the molecule is CN1CCC(c2ccc(Nc3nc([N+]4([O-])CC[S+]([O-])CC4)cc4cc[nH]c(=O)c34)cc2)CC1. The third-order valence-electron chi connectivity index (χ3n) is 6.88.